The molecule has 0 radical (unpaired) electrons. The smallest absolute Gasteiger partial charge is 0.403 e. The van der Waals surface area contributed by atoms with Gasteiger partial charge in [0, 0.05) is 30.2 Å². The second kappa shape index (κ2) is 9.43. The van der Waals surface area contributed by atoms with Crippen molar-refractivity contribution in [2.45, 2.75) is 6.36 Å². The molecule has 0 spiro atoms. The van der Waals surface area contributed by atoms with Crippen LogP contribution < -0.4 is 20.3 Å². The van der Waals surface area contributed by atoms with Crippen molar-refractivity contribution in [3.8, 4) is 17.0 Å². The van der Waals surface area contributed by atoms with Crippen LogP contribution in [0.3, 0.4) is 0 Å². The molecule has 34 heavy (non-hydrogen) atoms. The van der Waals surface area contributed by atoms with Crippen molar-refractivity contribution in [2.24, 2.45) is 0 Å². The molecule has 4 rings (SSSR count). The molecule has 2 N–H and O–H groups in total. The van der Waals surface area contributed by atoms with Gasteiger partial charge in [0.2, 0.25) is 5.91 Å². The van der Waals surface area contributed by atoms with E-state index >= 15 is 0 Å². The summed E-state index contributed by atoms with van der Waals surface area (Å²) in [7, 11) is 0. The molecule has 2 amide bonds. The number of rotatable bonds is 5. The Morgan fingerprint density at radius 1 is 1.32 bits per heavy atom. The summed E-state index contributed by atoms with van der Waals surface area (Å²) in [6.07, 6.45) is -3.76. The molecule has 0 saturated carbocycles. The third-order valence-corrected chi connectivity index (χ3v) is 5.65. The van der Waals surface area contributed by atoms with Gasteiger partial charge in [0.05, 0.1) is 22.8 Å². The minimum atomic E-state index is -5.05. The van der Waals surface area contributed by atoms with E-state index in [-0.39, 0.29) is 39.4 Å². The van der Waals surface area contributed by atoms with Crippen molar-refractivity contribution in [1.29, 1.82) is 0 Å². The summed E-state index contributed by atoms with van der Waals surface area (Å²) < 4.78 is 55.5. The number of halogens is 5. The number of carbonyl (C=O) groups excluding carboxylic acids is 2. The molecule has 0 unspecified atom stereocenters. The Kier molecular flexibility index (Phi) is 6.57. The summed E-state index contributed by atoms with van der Waals surface area (Å²) in [5.41, 5.74) is -0.0999. The molecular weight excluding hydrogens is 502 g/mol. The summed E-state index contributed by atoms with van der Waals surface area (Å²) in [6.45, 7) is 1.04. The van der Waals surface area contributed by atoms with E-state index in [0.29, 0.717) is 18.9 Å². The van der Waals surface area contributed by atoms with Crippen LogP contribution in [0.2, 0.25) is 5.02 Å². The van der Waals surface area contributed by atoms with Gasteiger partial charge >= 0.3 is 6.36 Å². The van der Waals surface area contributed by atoms with Crippen LogP contribution in [0, 0.1) is 5.82 Å². The summed E-state index contributed by atoms with van der Waals surface area (Å²) >= 11 is 7.20. The van der Waals surface area contributed by atoms with Gasteiger partial charge in [0.15, 0.2) is 16.7 Å². The van der Waals surface area contributed by atoms with Crippen LogP contribution in [0.4, 0.5) is 28.5 Å². The normalized spacial score (nSPS) is 14.0. The molecule has 1 fully saturated rings. The highest BCUT2D eigenvalue weighted by atomic mass is 35.5. The summed E-state index contributed by atoms with van der Waals surface area (Å²) in [5, 5.41) is 6.83. The first-order chi connectivity index (χ1) is 16.1. The van der Waals surface area contributed by atoms with Crippen molar-refractivity contribution >= 4 is 45.7 Å². The number of anilines is 2. The molecule has 8 nitrogen and oxygen atoms in total. The summed E-state index contributed by atoms with van der Waals surface area (Å²) in [4.78, 5) is 34.1. The van der Waals surface area contributed by atoms with E-state index in [0.717, 1.165) is 17.4 Å². The topological polar surface area (TPSA) is 96.5 Å². The molecule has 1 aliphatic rings. The number of amides is 2. The number of carbonyl (C=O) groups is 2. The van der Waals surface area contributed by atoms with Gasteiger partial charge in [-0.25, -0.2) is 14.4 Å². The standard InChI is InChI=1S/C20H14ClF4N5O3S/c21-12-6-10(7-27-17(12)30-5-4-26-15(31)8-30)18(32)29-19-28-13(9-34-19)11-2-1-3-14(16(11)22)33-20(23,24)25/h1-3,6-7,9H,4-5,8H2,(H,26,31)(H,28,29,32). The number of ether oxygens (including phenoxy) is 1. The number of piperazine rings is 1. The highest BCUT2D eigenvalue weighted by molar-refractivity contribution is 7.14. The van der Waals surface area contributed by atoms with Crippen LogP contribution in [0.25, 0.3) is 11.3 Å². The van der Waals surface area contributed by atoms with Crippen molar-refractivity contribution < 1.29 is 31.9 Å². The van der Waals surface area contributed by atoms with Gasteiger partial charge in [-0.3, -0.25) is 14.9 Å². The Balaban J connectivity index is 1.48. The van der Waals surface area contributed by atoms with E-state index in [4.69, 9.17) is 11.6 Å². The fourth-order valence-electron chi connectivity index (χ4n) is 3.14. The number of hydrogen-bond acceptors (Lipinski definition) is 7. The number of pyridine rings is 1. The van der Waals surface area contributed by atoms with Gasteiger partial charge in [-0.15, -0.1) is 24.5 Å². The Bertz CT molecular complexity index is 1250. The van der Waals surface area contributed by atoms with Crippen LogP contribution in [-0.2, 0) is 4.79 Å². The van der Waals surface area contributed by atoms with Crippen LogP contribution in [0.15, 0.2) is 35.8 Å². The van der Waals surface area contributed by atoms with E-state index in [1.165, 1.54) is 29.8 Å². The predicted octanol–water partition coefficient (Wildman–Crippen LogP) is 4.08. The first kappa shape index (κ1) is 23.7. The molecule has 2 aromatic heterocycles. The van der Waals surface area contributed by atoms with Gasteiger partial charge in [0.25, 0.3) is 5.91 Å². The molecule has 1 aromatic carbocycles. The van der Waals surface area contributed by atoms with Crippen molar-refractivity contribution in [1.82, 2.24) is 15.3 Å². The van der Waals surface area contributed by atoms with Gasteiger partial charge in [-0.05, 0) is 18.2 Å². The van der Waals surface area contributed by atoms with Crippen molar-refractivity contribution in [3.05, 3.63) is 52.2 Å². The largest absolute Gasteiger partial charge is 0.573 e. The molecule has 1 aliphatic heterocycles. The SMILES string of the molecule is O=C1CN(c2ncc(C(=O)Nc3nc(-c4cccc(OC(F)(F)F)c4F)cs3)cc2Cl)CCN1. The van der Waals surface area contributed by atoms with Crippen LogP contribution in [-0.4, -0.2) is 47.8 Å². The second-order valence-electron chi connectivity index (χ2n) is 6.96. The Morgan fingerprint density at radius 2 is 2.12 bits per heavy atom. The maximum atomic E-state index is 14.5. The molecule has 1 saturated heterocycles. The lowest BCUT2D eigenvalue weighted by Gasteiger charge is -2.28. The Hall–Kier alpha value is -3.45. The third kappa shape index (κ3) is 5.37. The van der Waals surface area contributed by atoms with Crippen LogP contribution in [0.1, 0.15) is 10.4 Å². The van der Waals surface area contributed by atoms with E-state index < -0.39 is 23.8 Å². The number of nitrogens with zero attached hydrogens (tertiary/aromatic N) is 3. The van der Waals surface area contributed by atoms with Crippen LogP contribution >= 0.6 is 22.9 Å². The van der Waals surface area contributed by atoms with E-state index in [9.17, 15) is 27.2 Å². The zero-order valence-electron chi connectivity index (χ0n) is 16.9. The fourth-order valence-corrected chi connectivity index (χ4v) is 4.13. The van der Waals surface area contributed by atoms with E-state index in [1.54, 1.807) is 4.90 Å². The zero-order chi connectivity index (χ0) is 24.5. The zero-order valence-corrected chi connectivity index (χ0v) is 18.5. The predicted molar refractivity (Wildman–Crippen MR) is 117 cm³/mol. The Labute approximate surface area is 198 Å². The van der Waals surface area contributed by atoms with Gasteiger partial charge < -0.3 is 15.0 Å². The number of alkyl halides is 3. The van der Waals surface area contributed by atoms with Crippen molar-refractivity contribution in [2.75, 3.05) is 29.9 Å². The third-order valence-electron chi connectivity index (χ3n) is 4.61. The summed E-state index contributed by atoms with van der Waals surface area (Å²) in [5.74, 6) is -2.64. The van der Waals surface area contributed by atoms with Crippen molar-refractivity contribution in [3.63, 3.8) is 0 Å². The maximum Gasteiger partial charge on any atom is 0.573 e. The maximum absolute atomic E-state index is 14.5. The lowest BCUT2D eigenvalue weighted by Crippen LogP contribution is -2.48. The minimum absolute atomic E-state index is 0.0142. The highest BCUT2D eigenvalue weighted by Crippen LogP contribution is 2.34. The number of thiazole rings is 1. The first-order valence-corrected chi connectivity index (χ1v) is 10.8. The van der Waals surface area contributed by atoms with Crippen LogP contribution in [0.5, 0.6) is 5.75 Å². The molecule has 178 valence electrons. The number of nitrogens with one attached hydrogen (secondary N) is 2. The molecule has 0 bridgehead atoms. The quantitative estimate of drug-likeness (QED) is 0.497. The molecule has 0 aliphatic carbocycles. The number of aromatic nitrogens is 2. The second-order valence-corrected chi connectivity index (χ2v) is 8.22. The Morgan fingerprint density at radius 3 is 2.82 bits per heavy atom. The highest BCUT2D eigenvalue weighted by Gasteiger charge is 2.33. The van der Waals surface area contributed by atoms with Gasteiger partial charge in [0.1, 0.15) is 5.82 Å². The minimum Gasteiger partial charge on any atom is -0.403 e. The molecule has 3 aromatic rings. The average Bonchev–Trinajstić information content (AvgIpc) is 3.22. The lowest BCUT2D eigenvalue weighted by atomic mass is 10.1. The fraction of sp³-hybridized carbons (Fsp3) is 0.200. The molecular formula is C20H14ClF4N5O3S. The van der Waals surface area contributed by atoms with Gasteiger partial charge in [-0.2, -0.15) is 0 Å². The van der Waals surface area contributed by atoms with Gasteiger partial charge in [-0.1, -0.05) is 17.7 Å². The average molecular weight is 516 g/mol. The first-order valence-electron chi connectivity index (χ1n) is 9.59. The number of benzene rings is 1. The monoisotopic (exact) mass is 515 g/mol. The van der Waals surface area contributed by atoms with E-state index in [2.05, 4.69) is 25.3 Å². The number of hydrogen-bond donors (Lipinski definition) is 2. The summed E-state index contributed by atoms with van der Waals surface area (Å²) in [6, 6.07) is 4.66. The molecule has 14 heteroatoms. The lowest BCUT2D eigenvalue weighted by molar-refractivity contribution is -0.275. The molecule has 0 atom stereocenters. The molecule has 3 heterocycles. The van der Waals surface area contributed by atoms with E-state index in [1.807, 2.05) is 0 Å².